The minimum absolute atomic E-state index is 0.0605. The highest BCUT2D eigenvalue weighted by atomic mass is 35.5. The van der Waals surface area contributed by atoms with Crippen molar-refractivity contribution in [1.82, 2.24) is 4.90 Å². The standard InChI is InChI=1S/C14H17ClFNO2/c1-19-14(18)11-3-2-6-17(9-11)8-10-4-5-13(16)12(15)7-10/h4-5,7,11H,2-3,6,8-9H2,1H3. The van der Waals surface area contributed by atoms with Crippen molar-refractivity contribution in [2.75, 3.05) is 20.2 Å². The maximum atomic E-state index is 13.1. The molecule has 104 valence electrons. The summed E-state index contributed by atoms with van der Waals surface area (Å²) in [6.07, 6.45) is 1.84. The molecule has 1 aromatic carbocycles. The fourth-order valence-electron chi connectivity index (χ4n) is 2.45. The van der Waals surface area contributed by atoms with E-state index in [1.165, 1.54) is 13.2 Å². The molecule has 0 aliphatic carbocycles. The fourth-order valence-corrected chi connectivity index (χ4v) is 2.66. The summed E-state index contributed by atoms with van der Waals surface area (Å²) in [6, 6.07) is 4.74. The van der Waals surface area contributed by atoms with E-state index >= 15 is 0 Å². The molecule has 2 rings (SSSR count). The van der Waals surface area contributed by atoms with Crippen LogP contribution in [0.4, 0.5) is 4.39 Å². The molecular formula is C14H17ClFNO2. The van der Waals surface area contributed by atoms with Crippen molar-refractivity contribution < 1.29 is 13.9 Å². The van der Waals surface area contributed by atoms with Crippen LogP contribution in [0.25, 0.3) is 0 Å². The van der Waals surface area contributed by atoms with Crippen molar-refractivity contribution in [3.63, 3.8) is 0 Å². The molecule has 5 heteroatoms. The molecule has 0 spiro atoms. The third-order valence-electron chi connectivity index (χ3n) is 3.43. The van der Waals surface area contributed by atoms with Crippen molar-refractivity contribution in [3.05, 3.63) is 34.6 Å². The number of hydrogen-bond donors (Lipinski definition) is 0. The smallest absolute Gasteiger partial charge is 0.309 e. The highest BCUT2D eigenvalue weighted by Gasteiger charge is 2.26. The van der Waals surface area contributed by atoms with Crippen molar-refractivity contribution >= 4 is 17.6 Å². The summed E-state index contributed by atoms with van der Waals surface area (Å²) in [5.74, 6) is -0.618. The lowest BCUT2D eigenvalue weighted by molar-refractivity contribution is -0.147. The lowest BCUT2D eigenvalue weighted by atomic mass is 9.98. The van der Waals surface area contributed by atoms with E-state index in [2.05, 4.69) is 4.90 Å². The number of benzene rings is 1. The van der Waals surface area contributed by atoms with Crippen LogP contribution in [0.15, 0.2) is 18.2 Å². The largest absolute Gasteiger partial charge is 0.469 e. The Labute approximate surface area is 117 Å². The molecule has 19 heavy (non-hydrogen) atoms. The molecule has 1 aromatic rings. The van der Waals surface area contributed by atoms with E-state index < -0.39 is 5.82 Å². The first-order chi connectivity index (χ1) is 9.10. The van der Waals surface area contributed by atoms with Crippen LogP contribution < -0.4 is 0 Å². The summed E-state index contributed by atoms with van der Waals surface area (Å²) >= 11 is 5.77. The molecule has 0 saturated carbocycles. The number of nitrogens with zero attached hydrogens (tertiary/aromatic N) is 1. The summed E-state index contributed by atoms with van der Waals surface area (Å²) < 4.78 is 17.9. The molecule has 0 amide bonds. The average Bonchev–Trinajstić information content (AvgIpc) is 2.42. The summed E-state index contributed by atoms with van der Waals surface area (Å²) in [5, 5.41) is 0.138. The number of ether oxygens (including phenoxy) is 1. The van der Waals surface area contributed by atoms with Gasteiger partial charge in [0.15, 0.2) is 0 Å². The Hall–Kier alpha value is -1.13. The van der Waals surface area contributed by atoms with E-state index in [1.54, 1.807) is 12.1 Å². The van der Waals surface area contributed by atoms with Gasteiger partial charge in [-0.05, 0) is 37.1 Å². The van der Waals surface area contributed by atoms with Crippen LogP contribution in [-0.2, 0) is 16.1 Å². The zero-order valence-electron chi connectivity index (χ0n) is 10.9. The third kappa shape index (κ3) is 3.67. The predicted molar refractivity (Wildman–Crippen MR) is 71.4 cm³/mol. The first kappa shape index (κ1) is 14.3. The summed E-state index contributed by atoms with van der Waals surface area (Å²) in [6.45, 7) is 2.29. The molecule has 1 saturated heterocycles. The van der Waals surface area contributed by atoms with Gasteiger partial charge in [0, 0.05) is 13.1 Å². The van der Waals surface area contributed by atoms with Crippen molar-refractivity contribution in [2.45, 2.75) is 19.4 Å². The second-order valence-corrected chi connectivity index (χ2v) is 5.25. The lowest BCUT2D eigenvalue weighted by Crippen LogP contribution is -2.38. The van der Waals surface area contributed by atoms with Crippen molar-refractivity contribution in [2.24, 2.45) is 5.92 Å². The van der Waals surface area contributed by atoms with Gasteiger partial charge in [-0.3, -0.25) is 9.69 Å². The Morgan fingerprint density at radius 2 is 2.37 bits per heavy atom. The fraction of sp³-hybridized carbons (Fsp3) is 0.500. The minimum Gasteiger partial charge on any atom is -0.469 e. The number of methoxy groups -OCH3 is 1. The molecule has 1 fully saturated rings. The monoisotopic (exact) mass is 285 g/mol. The Bertz CT molecular complexity index is 467. The summed E-state index contributed by atoms with van der Waals surface area (Å²) in [7, 11) is 1.42. The van der Waals surface area contributed by atoms with Crippen LogP contribution in [0.5, 0.6) is 0 Å². The van der Waals surface area contributed by atoms with Gasteiger partial charge in [-0.2, -0.15) is 0 Å². The topological polar surface area (TPSA) is 29.5 Å². The van der Waals surface area contributed by atoms with Crippen LogP contribution in [0.2, 0.25) is 5.02 Å². The number of carbonyl (C=O) groups excluding carboxylic acids is 1. The van der Waals surface area contributed by atoms with Gasteiger partial charge in [-0.1, -0.05) is 17.7 Å². The van der Waals surface area contributed by atoms with Gasteiger partial charge in [-0.15, -0.1) is 0 Å². The number of hydrogen-bond acceptors (Lipinski definition) is 3. The van der Waals surface area contributed by atoms with Gasteiger partial charge in [0.1, 0.15) is 5.82 Å². The van der Waals surface area contributed by atoms with Crippen LogP contribution >= 0.6 is 11.6 Å². The van der Waals surface area contributed by atoms with Gasteiger partial charge in [0.2, 0.25) is 0 Å². The molecule has 1 atom stereocenters. The normalized spacial score (nSPS) is 20.3. The minimum atomic E-state index is -0.406. The Morgan fingerprint density at radius 1 is 1.58 bits per heavy atom. The molecule has 0 N–H and O–H groups in total. The maximum Gasteiger partial charge on any atom is 0.309 e. The Morgan fingerprint density at radius 3 is 3.05 bits per heavy atom. The molecule has 0 radical (unpaired) electrons. The molecule has 1 heterocycles. The first-order valence-electron chi connectivity index (χ1n) is 6.34. The van der Waals surface area contributed by atoms with Crippen LogP contribution in [0, 0.1) is 11.7 Å². The Kier molecular flexibility index (Phi) is 4.77. The second-order valence-electron chi connectivity index (χ2n) is 4.85. The number of carbonyl (C=O) groups is 1. The predicted octanol–water partition coefficient (Wildman–Crippen LogP) is 2.86. The highest BCUT2D eigenvalue weighted by molar-refractivity contribution is 6.30. The van der Waals surface area contributed by atoms with Crippen molar-refractivity contribution in [1.29, 1.82) is 0 Å². The number of esters is 1. The van der Waals surface area contributed by atoms with E-state index in [-0.39, 0.29) is 16.9 Å². The molecule has 0 bridgehead atoms. The van der Waals surface area contributed by atoms with Gasteiger partial charge in [0.25, 0.3) is 0 Å². The first-order valence-corrected chi connectivity index (χ1v) is 6.72. The van der Waals surface area contributed by atoms with Crippen LogP contribution in [-0.4, -0.2) is 31.1 Å². The van der Waals surface area contributed by atoms with E-state index in [1.807, 2.05) is 0 Å². The summed E-state index contributed by atoms with van der Waals surface area (Å²) in [4.78, 5) is 13.7. The lowest BCUT2D eigenvalue weighted by Gasteiger charge is -2.31. The number of piperidine rings is 1. The van der Waals surface area contributed by atoms with E-state index in [4.69, 9.17) is 16.3 Å². The quantitative estimate of drug-likeness (QED) is 0.800. The van der Waals surface area contributed by atoms with Crippen molar-refractivity contribution in [3.8, 4) is 0 Å². The zero-order chi connectivity index (χ0) is 13.8. The van der Waals surface area contributed by atoms with Crippen LogP contribution in [0.1, 0.15) is 18.4 Å². The van der Waals surface area contributed by atoms with Crippen LogP contribution in [0.3, 0.4) is 0 Å². The molecule has 0 aromatic heterocycles. The zero-order valence-corrected chi connectivity index (χ0v) is 11.6. The third-order valence-corrected chi connectivity index (χ3v) is 3.72. The number of halogens is 2. The van der Waals surface area contributed by atoms with Gasteiger partial charge >= 0.3 is 5.97 Å². The molecule has 3 nitrogen and oxygen atoms in total. The highest BCUT2D eigenvalue weighted by Crippen LogP contribution is 2.21. The van der Waals surface area contributed by atoms with Gasteiger partial charge in [0.05, 0.1) is 18.1 Å². The molecular weight excluding hydrogens is 269 g/mol. The Balaban J connectivity index is 1.98. The van der Waals surface area contributed by atoms with E-state index in [0.29, 0.717) is 13.1 Å². The van der Waals surface area contributed by atoms with Gasteiger partial charge < -0.3 is 4.74 Å². The second kappa shape index (κ2) is 6.35. The SMILES string of the molecule is COC(=O)C1CCCN(Cc2ccc(F)c(Cl)c2)C1. The number of rotatable bonds is 3. The molecule has 1 unspecified atom stereocenters. The van der Waals surface area contributed by atoms with E-state index in [0.717, 1.165) is 24.9 Å². The maximum absolute atomic E-state index is 13.1. The molecule has 1 aliphatic rings. The van der Waals surface area contributed by atoms with Gasteiger partial charge in [-0.25, -0.2) is 4.39 Å². The van der Waals surface area contributed by atoms with E-state index in [9.17, 15) is 9.18 Å². The molecule has 1 aliphatic heterocycles. The summed E-state index contributed by atoms with van der Waals surface area (Å²) in [5.41, 5.74) is 0.955. The number of likely N-dealkylation sites (tertiary alicyclic amines) is 1. The average molecular weight is 286 g/mol.